The topological polar surface area (TPSA) is 21.3 Å². The first-order valence-corrected chi connectivity index (χ1v) is 6.33. The van der Waals surface area contributed by atoms with Crippen molar-refractivity contribution < 1.29 is 9.13 Å². The van der Waals surface area contributed by atoms with Crippen LogP contribution in [0.25, 0.3) is 0 Å². The lowest BCUT2D eigenvalue weighted by Gasteiger charge is -2.25. The molecule has 0 aromatic heterocycles. The first-order valence-electron chi connectivity index (χ1n) is 6.33. The molecule has 0 aliphatic heterocycles. The van der Waals surface area contributed by atoms with E-state index in [1.807, 2.05) is 6.92 Å². The number of benzene rings is 1. The van der Waals surface area contributed by atoms with E-state index >= 15 is 0 Å². The molecule has 1 rings (SSSR count). The first-order chi connectivity index (χ1) is 8.17. The minimum absolute atomic E-state index is 0.0355. The fourth-order valence-electron chi connectivity index (χ4n) is 1.81. The lowest BCUT2D eigenvalue weighted by molar-refractivity contribution is 0.166. The van der Waals surface area contributed by atoms with Gasteiger partial charge in [-0.1, -0.05) is 19.9 Å². The number of hydrogen-bond donors (Lipinski definition) is 1. The van der Waals surface area contributed by atoms with Crippen LogP contribution in [0.15, 0.2) is 24.3 Å². The van der Waals surface area contributed by atoms with Crippen LogP contribution >= 0.6 is 0 Å². The highest BCUT2D eigenvalue weighted by Crippen LogP contribution is 2.15. The number of nitrogens with one attached hydrogen (secondary N) is 1. The molecule has 1 aromatic carbocycles. The van der Waals surface area contributed by atoms with Crippen molar-refractivity contribution in [2.75, 3.05) is 6.54 Å². The van der Waals surface area contributed by atoms with Gasteiger partial charge in [0.05, 0.1) is 0 Å². The number of hydrogen-bond acceptors (Lipinski definition) is 2. The van der Waals surface area contributed by atoms with Gasteiger partial charge in [0.15, 0.2) is 0 Å². The lowest BCUT2D eigenvalue weighted by Crippen LogP contribution is -2.41. The number of rotatable bonds is 7. The molecular formula is C14H22FNO. The van der Waals surface area contributed by atoms with Gasteiger partial charge in [0, 0.05) is 12.1 Å². The second-order valence-electron chi connectivity index (χ2n) is 4.25. The van der Waals surface area contributed by atoms with E-state index < -0.39 is 0 Å². The first kappa shape index (κ1) is 14.0. The molecule has 0 saturated carbocycles. The second kappa shape index (κ2) is 7.28. The zero-order valence-corrected chi connectivity index (χ0v) is 10.9. The molecule has 2 unspecified atom stereocenters. The summed E-state index contributed by atoms with van der Waals surface area (Å²) < 4.78 is 18.8. The van der Waals surface area contributed by atoms with E-state index in [2.05, 4.69) is 19.2 Å². The van der Waals surface area contributed by atoms with Crippen LogP contribution in [-0.4, -0.2) is 18.7 Å². The molecular weight excluding hydrogens is 217 g/mol. The molecule has 2 nitrogen and oxygen atoms in total. The summed E-state index contributed by atoms with van der Waals surface area (Å²) in [5, 5.41) is 3.43. The largest absolute Gasteiger partial charge is 0.489 e. The van der Waals surface area contributed by atoms with Crippen LogP contribution in [0.3, 0.4) is 0 Å². The fraction of sp³-hybridized carbons (Fsp3) is 0.571. The Morgan fingerprint density at radius 1 is 1.35 bits per heavy atom. The summed E-state index contributed by atoms with van der Waals surface area (Å²) in [5.41, 5.74) is 0. The van der Waals surface area contributed by atoms with Crippen LogP contribution in [0.5, 0.6) is 5.75 Å². The highest BCUT2D eigenvalue weighted by Gasteiger charge is 2.16. The molecule has 17 heavy (non-hydrogen) atoms. The highest BCUT2D eigenvalue weighted by molar-refractivity contribution is 5.22. The maximum Gasteiger partial charge on any atom is 0.126 e. The normalized spacial score (nSPS) is 14.4. The molecule has 0 saturated heterocycles. The van der Waals surface area contributed by atoms with Gasteiger partial charge in [0.25, 0.3) is 0 Å². The number of ether oxygens (including phenoxy) is 1. The third kappa shape index (κ3) is 4.73. The molecule has 0 heterocycles. The molecule has 0 bridgehead atoms. The van der Waals surface area contributed by atoms with E-state index in [0.717, 1.165) is 19.4 Å². The Balaban J connectivity index is 2.54. The van der Waals surface area contributed by atoms with Crippen molar-refractivity contribution in [3.8, 4) is 5.75 Å². The van der Waals surface area contributed by atoms with Crippen LogP contribution in [0, 0.1) is 5.82 Å². The summed E-state index contributed by atoms with van der Waals surface area (Å²) in [6, 6.07) is 6.59. The Labute approximate surface area is 103 Å². The molecule has 1 N–H and O–H groups in total. The Bertz CT molecular complexity index is 330. The van der Waals surface area contributed by atoms with Crippen molar-refractivity contribution in [1.82, 2.24) is 5.32 Å². The quantitative estimate of drug-likeness (QED) is 0.787. The van der Waals surface area contributed by atoms with E-state index in [1.165, 1.54) is 12.1 Å². The van der Waals surface area contributed by atoms with E-state index in [4.69, 9.17) is 4.74 Å². The van der Waals surface area contributed by atoms with Crippen LogP contribution < -0.4 is 10.1 Å². The minimum Gasteiger partial charge on any atom is -0.489 e. The molecule has 3 heteroatoms. The Morgan fingerprint density at radius 3 is 2.71 bits per heavy atom. The van der Waals surface area contributed by atoms with Crippen LogP contribution in [0.2, 0.25) is 0 Å². The molecule has 0 aliphatic rings. The minimum atomic E-state index is -0.260. The van der Waals surface area contributed by atoms with Crippen molar-refractivity contribution in [3.05, 3.63) is 30.1 Å². The van der Waals surface area contributed by atoms with Gasteiger partial charge in [-0.3, -0.25) is 0 Å². The van der Waals surface area contributed by atoms with E-state index in [0.29, 0.717) is 11.8 Å². The van der Waals surface area contributed by atoms with Gasteiger partial charge in [-0.2, -0.15) is 0 Å². The van der Waals surface area contributed by atoms with Crippen molar-refractivity contribution in [2.45, 2.75) is 45.8 Å². The third-order valence-electron chi connectivity index (χ3n) is 2.78. The monoisotopic (exact) mass is 239 g/mol. The van der Waals surface area contributed by atoms with Crippen LogP contribution in [0.4, 0.5) is 4.39 Å². The molecule has 96 valence electrons. The molecule has 0 radical (unpaired) electrons. The maximum atomic E-state index is 13.0. The van der Waals surface area contributed by atoms with Gasteiger partial charge in [-0.05, 0) is 38.4 Å². The standard InChI is InChI=1S/C14H22FNO/c1-4-9-16-14(5-2)11(3)17-13-8-6-7-12(15)10-13/h6-8,10-11,14,16H,4-5,9H2,1-3H3. The van der Waals surface area contributed by atoms with Crippen molar-refractivity contribution in [2.24, 2.45) is 0 Å². The lowest BCUT2D eigenvalue weighted by atomic mass is 10.1. The molecule has 1 aromatic rings. The van der Waals surface area contributed by atoms with Crippen LogP contribution in [0.1, 0.15) is 33.6 Å². The molecule has 0 aliphatic carbocycles. The SMILES string of the molecule is CCCNC(CC)C(C)Oc1cccc(F)c1. The molecule has 0 spiro atoms. The summed E-state index contributed by atoms with van der Waals surface area (Å²) in [6.45, 7) is 7.26. The third-order valence-corrected chi connectivity index (χ3v) is 2.78. The fourth-order valence-corrected chi connectivity index (χ4v) is 1.81. The van der Waals surface area contributed by atoms with Gasteiger partial charge in [-0.25, -0.2) is 4.39 Å². The molecule has 0 fully saturated rings. The Morgan fingerprint density at radius 2 is 2.12 bits per heavy atom. The number of halogens is 1. The maximum absolute atomic E-state index is 13.0. The van der Waals surface area contributed by atoms with E-state index in [-0.39, 0.29) is 11.9 Å². The predicted octanol–water partition coefficient (Wildman–Crippen LogP) is 3.37. The van der Waals surface area contributed by atoms with E-state index in [1.54, 1.807) is 12.1 Å². The zero-order valence-electron chi connectivity index (χ0n) is 10.9. The van der Waals surface area contributed by atoms with Crippen molar-refractivity contribution in [3.63, 3.8) is 0 Å². The Kier molecular flexibility index (Phi) is 5.98. The van der Waals surface area contributed by atoms with E-state index in [9.17, 15) is 4.39 Å². The smallest absolute Gasteiger partial charge is 0.126 e. The Hall–Kier alpha value is -1.09. The summed E-state index contributed by atoms with van der Waals surface area (Å²) in [5.74, 6) is 0.332. The average Bonchev–Trinajstić information content (AvgIpc) is 2.30. The van der Waals surface area contributed by atoms with Gasteiger partial charge < -0.3 is 10.1 Å². The van der Waals surface area contributed by atoms with Crippen molar-refractivity contribution in [1.29, 1.82) is 0 Å². The molecule has 0 amide bonds. The highest BCUT2D eigenvalue weighted by atomic mass is 19.1. The van der Waals surface area contributed by atoms with Crippen LogP contribution in [-0.2, 0) is 0 Å². The molecule has 2 atom stereocenters. The van der Waals surface area contributed by atoms with Crippen molar-refractivity contribution >= 4 is 0 Å². The predicted molar refractivity (Wildman–Crippen MR) is 68.9 cm³/mol. The van der Waals surface area contributed by atoms with Gasteiger partial charge >= 0.3 is 0 Å². The summed E-state index contributed by atoms with van der Waals surface area (Å²) in [7, 11) is 0. The summed E-state index contributed by atoms with van der Waals surface area (Å²) >= 11 is 0. The van der Waals surface area contributed by atoms with Gasteiger partial charge in [0.2, 0.25) is 0 Å². The van der Waals surface area contributed by atoms with Gasteiger partial charge in [0.1, 0.15) is 17.7 Å². The zero-order chi connectivity index (χ0) is 12.7. The average molecular weight is 239 g/mol. The summed E-state index contributed by atoms with van der Waals surface area (Å²) in [4.78, 5) is 0. The summed E-state index contributed by atoms with van der Waals surface area (Å²) in [6.07, 6.45) is 2.13. The van der Waals surface area contributed by atoms with Gasteiger partial charge in [-0.15, -0.1) is 0 Å². The second-order valence-corrected chi connectivity index (χ2v) is 4.25.